The number of amides is 1. The minimum atomic E-state index is 0.124. The molecule has 1 N–H and O–H groups in total. The van der Waals surface area contributed by atoms with Crippen LogP contribution in [0.5, 0.6) is 0 Å². The fraction of sp³-hybridized carbons (Fsp3) is 0.700. The number of carbonyl (C=O) groups excluding carboxylic acids is 1. The minimum Gasteiger partial charge on any atom is -0.356 e. The van der Waals surface area contributed by atoms with Gasteiger partial charge in [0, 0.05) is 13.0 Å². The van der Waals surface area contributed by atoms with Gasteiger partial charge in [0.2, 0.25) is 5.91 Å². The zero-order valence-corrected chi connectivity index (χ0v) is 8.31. The van der Waals surface area contributed by atoms with Gasteiger partial charge in [-0.15, -0.1) is 0 Å². The van der Waals surface area contributed by atoms with E-state index in [1.807, 2.05) is 6.92 Å². The molecule has 0 unspecified atom stereocenters. The van der Waals surface area contributed by atoms with Crippen molar-refractivity contribution < 1.29 is 4.79 Å². The molecular weight excluding hydrogens is 150 g/mol. The number of hydrogen-bond donors (Lipinski definition) is 1. The zero-order chi connectivity index (χ0) is 9.56. The first-order chi connectivity index (χ1) is 5.57. The maximum absolute atomic E-state index is 11.0. The van der Waals surface area contributed by atoms with Crippen molar-refractivity contribution in [3.8, 4) is 0 Å². The molecule has 0 fully saturated rings. The highest BCUT2D eigenvalue weighted by atomic mass is 16.1. The third kappa shape index (κ3) is 4.94. The number of rotatable bonds is 5. The van der Waals surface area contributed by atoms with E-state index in [2.05, 4.69) is 25.7 Å². The summed E-state index contributed by atoms with van der Waals surface area (Å²) in [5, 5.41) is 2.76. The van der Waals surface area contributed by atoms with E-state index in [9.17, 15) is 4.79 Å². The van der Waals surface area contributed by atoms with E-state index in [4.69, 9.17) is 0 Å². The second kappa shape index (κ2) is 5.81. The summed E-state index contributed by atoms with van der Waals surface area (Å²) in [6.45, 7) is 10.7. The number of nitrogens with one attached hydrogen (secondary N) is 1. The van der Waals surface area contributed by atoms with Crippen LogP contribution in [0.1, 0.15) is 33.6 Å². The van der Waals surface area contributed by atoms with Gasteiger partial charge < -0.3 is 5.32 Å². The fourth-order valence-electron chi connectivity index (χ4n) is 0.848. The summed E-state index contributed by atoms with van der Waals surface area (Å²) < 4.78 is 0. The molecule has 0 aromatic carbocycles. The summed E-state index contributed by atoms with van der Waals surface area (Å²) in [5.41, 5.74) is 1.15. The van der Waals surface area contributed by atoms with Gasteiger partial charge in [-0.2, -0.15) is 0 Å². The molecule has 0 heterocycles. The molecule has 0 saturated carbocycles. The maximum Gasteiger partial charge on any atom is 0.220 e. The van der Waals surface area contributed by atoms with Gasteiger partial charge in [0.25, 0.3) is 0 Å². The van der Waals surface area contributed by atoms with Gasteiger partial charge in [-0.3, -0.25) is 4.79 Å². The number of hydrogen-bond acceptors (Lipinski definition) is 1. The van der Waals surface area contributed by atoms with E-state index in [0.29, 0.717) is 18.9 Å². The first-order valence-electron chi connectivity index (χ1n) is 4.52. The van der Waals surface area contributed by atoms with Crippen LogP contribution in [0.15, 0.2) is 12.2 Å². The van der Waals surface area contributed by atoms with Gasteiger partial charge in [-0.05, 0) is 19.3 Å². The van der Waals surface area contributed by atoms with Crippen LogP contribution in [0.25, 0.3) is 0 Å². The molecule has 0 aliphatic carbocycles. The topological polar surface area (TPSA) is 29.1 Å². The van der Waals surface area contributed by atoms with Crippen molar-refractivity contribution >= 4 is 5.91 Å². The second-order valence-corrected chi connectivity index (χ2v) is 3.27. The Kier molecular flexibility index (Phi) is 5.43. The molecule has 0 atom stereocenters. The Morgan fingerprint density at radius 1 is 1.42 bits per heavy atom. The molecule has 0 aromatic rings. The third-order valence-electron chi connectivity index (χ3n) is 1.86. The molecule has 2 nitrogen and oxygen atoms in total. The third-order valence-corrected chi connectivity index (χ3v) is 1.86. The van der Waals surface area contributed by atoms with Crippen LogP contribution in [0, 0.1) is 5.92 Å². The Morgan fingerprint density at radius 3 is 2.42 bits per heavy atom. The lowest BCUT2D eigenvalue weighted by Crippen LogP contribution is -2.22. The number of carbonyl (C=O) groups is 1. The van der Waals surface area contributed by atoms with Gasteiger partial charge in [0.05, 0.1) is 0 Å². The first kappa shape index (κ1) is 11.2. The highest BCUT2D eigenvalue weighted by Gasteiger charge is 2.03. The second-order valence-electron chi connectivity index (χ2n) is 3.27. The summed E-state index contributed by atoms with van der Waals surface area (Å²) in [6, 6.07) is 0. The smallest absolute Gasteiger partial charge is 0.220 e. The average Bonchev–Trinajstić information content (AvgIpc) is 2.00. The summed E-state index contributed by atoms with van der Waals surface area (Å²) in [7, 11) is 0. The van der Waals surface area contributed by atoms with Crippen LogP contribution in [0.2, 0.25) is 0 Å². The van der Waals surface area contributed by atoms with Crippen LogP contribution < -0.4 is 5.32 Å². The Bertz CT molecular complexity index is 161. The monoisotopic (exact) mass is 169 g/mol. The van der Waals surface area contributed by atoms with Crippen molar-refractivity contribution in [1.29, 1.82) is 0 Å². The van der Waals surface area contributed by atoms with E-state index in [1.165, 1.54) is 0 Å². The molecule has 0 aliphatic heterocycles. The van der Waals surface area contributed by atoms with Gasteiger partial charge in [-0.1, -0.05) is 26.0 Å². The largest absolute Gasteiger partial charge is 0.356 e. The molecule has 70 valence electrons. The molecule has 2 heteroatoms. The van der Waals surface area contributed by atoms with Crippen molar-refractivity contribution in [2.75, 3.05) is 6.54 Å². The van der Waals surface area contributed by atoms with E-state index in [0.717, 1.165) is 12.0 Å². The molecule has 0 bridgehead atoms. The van der Waals surface area contributed by atoms with Crippen LogP contribution >= 0.6 is 0 Å². The Labute approximate surface area is 75.0 Å². The Morgan fingerprint density at radius 2 is 2.00 bits per heavy atom. The summed E-state index contributed by atoms with van der Waals surface area (Å²) >= 11 is 0. The van der Waals surface area contributed by atoms with E-state index >= 15 is 0 Å². The van der Waals surface area contributed by atoms with Gasteiger partial charge in [0.15, 0.2) is 0 Å². The van der Waals surface area contributed by atoms with Gasteiger partial charge in [0.1, 0.15) is 0 Å². The Balaban J connectivity index is 3.54. The molecule has 0 aliphatic rings. The molecule has 12 heavy (non-hydrogen) atoms. The first-order valence-corrected chi connectivity index (χ1v) is 4.52. The van der Waals surface area contributed by atoms with Gasteiger partial charge >= 0.3 is 0 Å². The molecule has 0 aromatic heterocycles. The molecular formula is C10H19NO. The zero-order valence-electron chi connectivity index (χ0n) is 8.31. The maximum atomic E-state index is 11.0. The van der Waals surface area contributed by atoms with E-state index in [1.54, 1.807) is 0 Å². The SMILES string of the molecule is C=C(CCC(=O)NCC)C(C)C. The normalized spacial score (nSPS) is 10.0. The van der Waals surface area contributed by atoms with Crippen molar-refractivity contribution in [3.05, 3.63) is 12.2 Å². The summed E-state index contributed by atoms with van der Waals surface area (Å²) in [4.78, 5) is 11.0. The highest BCUT2D eigenvalue weighted by Crippen LogP contribution is 2.12. The van der Waals surface area contributed by atoms with Crippen LogP contribution in [-0.2, 0) is 4.79 Å². The molecule has 0 radical (unpaired) electrons. The van der Waals surface area contributed by atoms with E-state index in [-0.39, 0.29) is 5.91 Å². The fourth-order valence-corrected chi connectivity index (χ4v) is 0.848. The summed E-state index contributed by atoms with van der Waals surface area (Å²) in [5.74, 6) is 0.610. The van der Waals surface area contributed by atoms with Crippen molar-refractivity contribution in [1.82, 2.24) is 5.32 Å². The van der Waals surface area contributed by atoms with Crippen molar-refractivity contribution in [2.24, 2.45) is 5.92 Å². The average molecular weight is 169 g/mol. The molecule has 0 saturated heterocycles. The highest BCUT2D eigenvalue weighted by molar-refractivity contribution is 5.76. The lowest BCUT2D eigenvalue weighted by molar-refractivity contribution is -0.120. The standard InChI is InChI=1S/C10H19NO/c1-5-11-10(12)7-6-9(4)8(2)3/h8H,4-7H2,1-3H3,(H,11,12). The Hall–Kier alpha value is -0.790. The molecule has 1 amide bonds. The quantitative estimate of drug-likeness (QED) is 0.627. The van der Waals surface area contributed by atoms with E-state index < -0.39 is 0 Å². The minimum absolute atomic E-state index is 0.124. The van der Waals surface area contributed by atoms with Crippen molar-refractivity contribution in [2.45, 2.75) is 33.6 Å². The summed E-state index contributed by atoms with van der Waals surface area (Å²) in [6.07, 6.45) is 1.38. The van der Waals surface area contributed by atoms with Gasteiger partial charge in [-0.25, -0.2) is 0 Å². The van der Waals surface area contributed by atoms with Crippen molar-refractivity contribution in [3.63, 3.8) is 0 Å². The lowest BCUT2D eigenvalue weighted by Gasteiger charge is -2.08. The predicted octanol–water partition coefficient (Wildman–Crippen LogP) is 2.11. The van der Waals surface area contributed by atoms with Crippen LogP contribution in [0.3, 0.4) is 0 Å². The number of allylic oxidation sites excluding steroid dienone is 1. The van der Waals surface area contributed by atoms with Crippen LogP contribution in [0.4, 0.5) is 0 Å². The lowest BCUT2D eigenvalue weighted by atomic mass is 10.0. The van der Waals surface area contributed by atoms with Crippen LogP contribution in [-0.4, -0.2) is 12.5 Å². The predicted molar refractivity (Wildman–Crippen MR) is 51.9 cm³/mol. The molecule has 0 rings (SSSR count). The molecule has 0 spiro atoms.